The average Bonchev–Trinajstić information content (AvgIpc) is 3.11. The highest BCUT2D eigenvalue weighted by Gasteiger charge is 2.26. The predicted octanol–water partition coefficient (Wildman–Crippen LogP) is 2.81. The molecule has 2 aromatic rings. The van der Waals surface area contributed by atoms with E-state index in [4.69, 9.17) is 0 Å². The average molecular weight is 286 g/mol. The van der Waals surface area contributed by atoms with Crippen molar-refractivity contribution in [3.05, 3.63) is 23.8 Å². The van der Waals surface area contributed by atoms with Crippen molar-refractivity contribution in [3.63, 3.8) is 0 Å². The summed E-state index contributed by atoms with van der Waals surface area (Å²) in [5, 5.41) is 0.962. The van der Waals surface area contributed by atoms with Crippen LogP contribution in [0.4, 0.5) is 0 Å². The molecule has 1 aliphatic rings. The number of hydrogen-bond donors (Lipinski definition) is 0. The molecule has 1 aliphatic carbocycles. The Morgan fingerprint density at radius 3 is 2.71 bits per heavy atom. The van der Waals surface area contributed by atoms with Crippen LogP contribution in [0, 0.1) is 0 Å². The Balaban J connectivity index is 2.20. The maximum atomic E-state index is 12.5. The summed E-state index contributed by atoms with van der Waals surface area (Å²) in [6.07, 6.45) is 7.37. The first-order valence-corrected chi connectivity index (χ1v) is 7.70. The minimum atomic E-state index is 0.0398. The fourth-order valence-electron chi connectivity index (χ4n) is 3.14. The first-order chi connectivity index (χ1) is 10.1. The number of amides is 1. The molecule has 3 rings (SSSR count). The highest BCUT2D eigenvalue weighted by Crippen LogP contribution is 2.34. The summed E-state index contributed by atoms with van der Waals surface area (Å²) >= 11 is 0. The van der Waals surface area contributed by atoms with Crippen molar-refractivity contribution >= 4 is 16.9 Å². The first-order valence-electron chi connectivity index (χ1n) is 7.70. The van der Waals surface area contributed by atoms with E-state index in [1.165, 1.54) is 12.8 Å². The third-order valence-electron chi connectivity index (χ3n) is 4.26. The second kappa shape index (κ2) is 5.47. The van der Waals surface area contributed by atoms with Gasteiger partial charge in [-0.2, -0.15) is 0 Å². The molecule has 2 heterocycles. The highest BCUT2D eigenvalue weighted by molar-refractivity contribution is 5.97. The Morgan fingerprint density at radius 2 is 2.10 bits per heavy atom. The number of nitrogens with zero attached hydrogens (tertiary/aromatic N) is 4. The van der Waals surface area contributed by atoms with Gasteiger partial charge in [0, 0.05) is 38.1 Å². The third-order valence-corrected chi connectivity index (χ3v) is 4.26. The number of carbonyl (C=O) groups is 1. The van der Waals surface area contributed by atoms with Crippen molar-refractivity contribution in [2.24, 2.45) is 0 Å². The number of fused-ring (bicyclic) bond motifs is 1. The third kappa shape index (κ3) is 2.41. The molecule has 112 valence electrons. The van der Waals surface area contributed by atoms with Crippen LogP contribution in [0.25, 0.3) is 11.0 Å². The van der Waals surface area contributed by atoms with Crippen LogP contribution in [0.1, 0.15) is 55.0 Å². The zero-order chi connectivity index (χ0) is 15.0. The normalized spacial score (nSPS) is 15.8. The van der Waals surface area contributed by atoms with Crippen molar-refractivity contribution in [1.29, 1.82) is 0 Å². The Bertz CT molecular complexity index is 668. The lowest BCUT2D eigenvalue weighted by molar-refractivity contribution is 0.0815. The number of aryl methyl sites for hydroxylation is 1. The van der Waals surface area contributed by atoms with Crippen LogP contribution in [0.3, 0.4) is 0 Å². The second-order valence-corrected chi connectivity index (χ2v) is 5.96. The van der Waals surface area contributed by atoms with E-state index in [9.17, 15) is 4.79 Å². The molecule has 0 aromatic carbocycles. The zero-order valence-electron chi connectivity index (χ0n) is 13.0. The van der Waals surface area contributed by atoms with Gasteiger partial charge in [0.15, 0.2) is 0 Å². The van der Waals surface area contributed by atoms with Crippen LogP contribution in [0.15, 0.2) is 12.3 Å². The summed E-state index contributed by atoms with van der Waals surface area (Å²) in [5.41, 5.74) is 1.66. The smallest absolute Gasteiger partial charge is 0.270 e. The molecule has 0 N–H and O–H groups in total. The Morgan fingerprint density at radius 1 is 1.38 bits per heavy atom. The van der Waals surface area contributed by atoms with Gasteiger partial charge in [-0.1, -0.05) is 19.8 Å². The maximum absolute atomic E-state index is 12.5. The van der Waals surface area contributed by atoms with E-state index in [1.54, 1.807) is 19.0 Å². The molecule has 0 spiro atoms. The SMILES string of the molecule is CCc1ncc2cc(C(=O)N(C)C)n(C3CCCC3)c2n1. The molecule has 0 atom stereocenters. The quantitative estimate of drug-likeness (QED) is 0.871. The van der Waals surface area contributed by atoms with Crippen LogP contribution < -0.4 is 0 Å². The van der Waals surface area contributed by atoms with Gasteiger partial charge >= 0.3 is 0 Å². The van der Waals surface area contributed by atoms with Gasteiger partial charge in [0.2, 0.25) is 0 Å². The van der Waals surface area contributed by atoms with Gasteiger partial charge in [0.1, 0.15) is 17.2 Å². The van der Waals surface area contributed by atoms with Crippen molar-refractivity contribution < 1.29 is 4.79 Å². The van der Waals surface area contributed by atoms with Crippen LogP contribution in [0.2, 0.25) is 0 Å². The zero-order valence-corrected chi connectivity index (χ0v) is 13.0. The molecule has 0 bridgehead atoms. The molecule has 1 amide bonds. The van der Waals surface area contributed by atoms with Gasteiger partial charge in [0.05, 0.1) is 0 Å². The summed E-state index contributed by atoms with van der Waals surface area (Å²) in [6.45, 7) is 2.05. The second-order valence-electron chi connectivity index (χ2n) is 5.96. The molecule has 1 fully saturated rings. The number of rotatable bonds is 3. The fraction of sp³-hybridized carbons (Fsp3) is 0.562. The van der Waals surface area contributed by atoms with Crippen molar-refractivity contribution in [3.8, 4) is 0 Å². The van der Waals surface area contributed by atoms with E-state index >= 15 is 0 Å². The van der Waals surface area contributed by atoms with Gasteiger partial charge in [0.25, 0.3) is 5.91 Å². The van der Waals surface area contributed by atoms with E-state index in [0.29, 0.717) is 6.04 Å². The Kier molecular flexibility index (Phi) is 3.66. The maximum Gasteiger partial charge on any atom is 0.270 e. The summed E-state index contributed by atoms with van der Waals surface area (Å²) in [6, 6.07) is 2.33. The summed E-state index contributed by atoms with van der Waals surface area (Å²) in [7, 11) is 3.59. The number of carbonyl (C=O) groups excluding carboxylic acids is 1. The van der Waals surface area contributed by atoms with E-state index in [-0.39, 0.29) is 5.91 Å². The molecule has 5 nitrogen and oxygen atoms in total. The molecule has 0 unspecified atom stereocenters. The lowest BCUT2D eigenvalue weighted by Crippen LogP contribution is -2.25. The van der Waals surface area contributed by atoms with E-state index in [1.807, 2.05) is 12.3 Å². The van der Waals surface area contributed by atoms with Crippen LogP contribution >= 0.6 is 0 Å². The Labute approximate surface area is 125 Å². The van der Waals surface area contributed by atoms with E-state index in [0.717, 1.165) is 41.8 Å². The first kappa shape index (κ1) is 14.0. The minimum absolute atomic E-state index is 0.0398. The molecular formula is C16H22N4O. The lowest BCUT2D eigenvalue weighted by Gasteiger charge is -2.18. The highest BCUT2D eigenvalue weighted by atomic mass is 16.2. The minimum Gasteiger partial charge on any atom is -0.343 e. The van der Waals surface area contributed by atoms with E-state index in [2.05, 4.69) is 21.5 Å². The van der Waals surface area contributed by atoms with Crippen LogP contribution in [-0.2, 0) is 6.42 Å². The monoisotopic (exact) mass is 286 g/mol. The summed E-state index contributed by atoms with van der Waals surface area (Å²) < 4.78 is 2.16. The summed E-state index contributed by atoms with van der Waals surface area (Å²) in [4.78, 5) is 23.2. The van der Waals surface area contributed by atoms with Gasteiger partial charge in [-0.3, -0.25) is 4.79 Å². The summed E-state index contributed by atoms with van der Waals surface area (Å²) in [5.74, 6) is 0.877. The molecule has 1 saturated carbocycles. The topological polar surface area (TPSA) is 51.0 Å². The van der Waals surface area contributed by atoms with Gasteiger partial charge in [-0.15, -0.1) is 0 Å². The molecular weight excluding hydrogens is 264 g/mol. The predicted molar refractivity (Wildman–Crippen MR) is 82.4 cm³/mol. The van der Waals surface area contributed by atoms with Crippen molar-refractivity contribution in [2.75, 3.05) is 14.1 Å². The molecule has 2 aromatic heterocycles. The van der Waals surface area contributed by atoms with Crippen LogP contribution in [0.5, 0.6) is 0 Å². The van der Waals surface area contributed by atoms with Gasteiger partial charge in [-0.05, 0) is 18.9 Å². The van der Waals surface area contributed by atoms with Crippen molar-refractivity contribution in [2.45, 2.75) is 45.1 Å². The Hall–Kier alpha value is -1.91. The largest absolute Gasteiger partial charge is 0.343 e. The van der Waals surface area contributed by atoms with Crippen molar-refractivity contribution in [1.82, 2.24) is 19.4 Å². The van der Waals surface area contributed by atoms with E-state index < -0.39 is 0 Å². The van der Waals surface area contributed by atoms with Gasteiger partial charge < -0.3 is 9.47 Å². The standard InChI is InChI=1S/C16H22N4O/c1-4-14-17-10-11-9-13(16(21)19(2)3)20(15(11)18-14)12-7-5-6-8-12/h9-10,12H,4-8H2,1-3H3. The molecule has 0 radical (unpaired) electrons. The molecule has 21 heavy (non-hydrogen) atoms. The number of aromatic nitrogens is 3. The lowest BCUT2D eigenvalue weighted by atomic mass is 10.2. The fourth-order valence-corrected chi connectivity index (χ4v) is 3.14. The molecule has 0 aliphatic heterocycles. The van der Waals surface area contributed by atoms with Gasteiger partial charge in [-0.25, -0.2) is 9.97 Å². The van der Waals surface area contributed by atoms with Crippen LogP contribution in [-0.4, -0.2) is 39.4 Å². The molecule has 5 heteroatoms. The number of hydrogen-bond acceptors (Lipinski definition) is 3. The molecule has 0 saturated heterocycles.